The second-order valence-corrected chi connectivity index (χ2v) is 10.9. The van der Waals surface area contributed by atoms with Crippen molar-refractivity contribution in [3.05, 3.63) is 21.9 Å². The van der Waals surface area contributed by atoms with Crippen LogP contribution in [0.3, 0.4) is 0 Å². The Morgan fingerprint density at radius 1 is 1.25 bits per heavy atom. The number of fused-ring (bicyclic) bond motifs is 1. The maximum Gasteiger partial charge on any atom is 0.188 e. The van der Waals surface area contributed by atoms with Gasteiger partial charge in [0.15, 0.2) is 5.78 Å². The van der Waals surface area contributed by atoms with E-state index in [1.165, 1.54) is 11.1 Å². The number of carbonyl (C=O) groups is 1. The van der Waals surface area contributed by atoms with Gasteiger partial charge in [0.25, 0.3) is 0 Å². The first-order valence-electron chi connectivity index (χ1n) is 6.00. The van der Waals surface area contributed by atoms with Gasteiger partial charge in [0.2, 0.25) is 0 Å². The number of hydrogen-bond acceptors (Lipinski definition) is 2. The predicted octanol–water partition coefficient (Wildman–Crippen LogP) is 2.60. The van der Waals surface area contributed by atoms with Gasteiger partial charge >= 0.3 is 0 Å². The molecule has 1 unspecified atom stereocenters. The van der Waals surface area contributed by atoms with Crippen LogP contribution in [0.25, 0.3) is 0 Å². The van der Waals surface area contributed by atoms with E-state index in [0.29, 0.717) is 0 Å². The van der Waals surface area contributed by atoms with E-state index in [1.54, 1.807) is 0 Å². The third-order valence-electron chi connectivity index (χ3n) is 3.58. The summed E-state index contributed by atoms with van der Waals surface area (Å²) in [5.41, 5.74) is 3.38. The summed E-state index contributed by atoms with van der Waals surface area (Å²) in [7, 11) is -1.63. The molecule has 16 heavy (non-hydrogen) atoms. The third kappa shape index (κ3) is 1.62. The highest BCUT2D eigenvalue weighted by Crippen LogP contribution is 2.42. The first-order chi connectivity index (χ1) is 7.34. The van der Waals surface area contributed by atoms with Crippen LogP contribution in [0.5, 0.6) is 0 Å². The molecule has 0 spiro atoms. The van der Waals surface area contributed by atoms with Crippen LogP contribution in [-0.2, 0) is 4.79 Å². The van der Waals surface area contributed by atoms with Gasteiger partial charge in [0.05, 0.1) is 8.07 Å². The molecule has 3 heteroatoms. The maximum absolute atomic E-state index is 12.2. The van der Waals surface area contributed by atoms with Crippen molar-refractivity contribution >= 4 is 13.9 Å². The van der Waals surface area contributed by atoms with E-state index in [-0.39, 0.29) is 5.78 Å². The van der Waals surface area contributed by atoms with E-state index in [2.05, 4.69) is 26.6 Å². The molecular formula is C13H20O2Si. The number of aliphatic hydroxyl groups is 1. The summed E-state index contributed by atoms with van der Waals surface area (Å²) in [5, 5.41) is 11.1. The van der Waals surface area contributed by atoms with E-state index in [9.17, 15) is 9.90 Å². The quantitative estimate of drug-likeness (QED) is 0.711. The van der Waals surface area contributed by atoms with Crippen molar-refractivity contribution < 1.29 is 9.90 Å². The molecule has 0 aliphatic heterocycles. The van der Waals surface area contributed by atoms with Crippen molar-refractivity contribution in [2.75, 3.05) is 0 Å². The number of Topliss-reactive ketones (excluding diaryl/α,β-unsaturated/α-hetero) is 1. The van der Waals surface area contributed by atoms with E-state index < -0.39 is 14.2 Å². The van der Waals surface area contributed by atoms with Crippen LogP contribution in [0, 0.1) is 0 Å². The molecule has 0 aromatic carbocycles. The fraction of sp³-hybridized carbons (Fsp3) is 0.615. The Hall–Kier alpha value is -0.673. The molecule has 88 valence electrons. The Kier molecular flexibility index (Phi) is 2.71. The molecule has 0 radical (unpaired) electrons. The summed E-state index contributed by atoms with van der Waals surface area (Å²) < 4.78 is 0. The number of ketones is 1. The van der Waals surface area contributed by atoms with Gasteiger partial charge in [-0.15, -0.1) is 0 Å². The summed E-state index contributed by atoms with van der Waals surface area (Å²) in [6.07, 6.45) is 2.28. The van der Waals surface area contributed by atoms with Gasteiger partial charge in [0, 0.05) is 0 Å². The molecule has 0 heterocycles. The molecule has 0 bridgehead atoms. The van der Waals surface area contributed by atoms with E-state index in [4.69, 9.17) is 0 Å². The molecule has 0 amide bonds. The van der Waals surface area contributed by atoms with Crippen LogP contribution in [-0.4, -0.2) is 25.1 Å². The smallest absolute Gasteiger partial charge is 0.188 e. The summed E-state index contributed by atoms with van der Waals surface area (Å²) in [4.78, 5) is 12.2. The monoisotopic (exact) mass is 236 g/mol. The van der Waals surface area contributed by atoms with Crippen LogP contribution in [0.2, 0.25) is 19.6 Å². The molecule has 0 aromatic rings. The summed E-state index contributed by atoms with van der Waals surface area (Å²) in [6.45, 7) is 8.62. The lowest BCUT2D eigenvalue weighted by molar-refractivity contribution is -0.120. The van der Waals surface area contributed by atoms with Gasteiger partial charge in [-0.05, 0) is 42.5 Å². The lowest BCUT2D eigenvalue weighted by atomic mass is 9.89. The molecular weight excluding hydrogens is 216 g/mol. The second kappa shape index (κ2) is 3.67. The first-order valence-corrected chi connectivity index (χ1v) is 9.50. The van der Waals surface area contributed by atoms with Crippen LogP contribution in [0.15, 0.2) is 21.9 Å². The van der Waals surface area contributed by atoms with Crippen molar-refractivity contribution in [1.82, 2.24) is 0 Å². The van der Waals surface area contributed by atoms with Gasteiger partial charge in [0.1, 0.15) is 6.10 Å². The van der Waals surface area contributed by atoms with Crippen molar-refractivity contribution in [3.8, 4) is 0 Å². The average molecular weight is 236 g/mol. The molecule has 2 nitrogen and oxygen atoms in total. The fourth-order valence-electron chi connectivity index (χ4n) is 2.95. The van der Waals surface area contributed by atoms with Gasteiger partial charge in [-0.1, -0.05) is 25.2 Å². The van der Waals surface area contributed by atoms with Crippen molar-refractivity contribution in [1.29, 1.82) is 0 Å². The molecule has 2 rings (SSSR count). The van der Waals surface area contributed by atoms with E-state index in [0.717, 1.165) is 30.0 Å². The minimum absolute atomic E-state index is 0.00887. The number of allylic oxidation sites excluding steroid dienone is 1. The summed E-state index contributed by atoms with van der Waals surface area (Å²) in [6, 6.07) is 0. The molecule has 0 saturated heterocycles. The highest BCUT2D eigenvalue weighted by Gasteiger charge is 2.43. The predicted molar refractivity (Wildman–Crippen MR) is 67.9 cm³/mol. The van der Waals surface area contributed by atoms with Crippen LogP contribution < -0.4 is 0 Å². The Morgan fingerprint density at radius 2 is 1.88 bits per heavy atom. The zero-order valence-electron chi connectivity index (χ0n) is 10.6. The fourth-order valence-corrected chi connectivity index (χ4v) is 5.00. The molecule has 2 aliphatic rings. The first kappa shape index (κ1) is 11.8. The number of rotatable bonds is 1. The van der Waals surface area contributed by atoms with Gasteiger partial charge < -0.3 is 5.11 Å². The van der Waals surface area contributed by atoms with Crippen LogP contribution in [0.1, 0.15) is 26.2 Å². The van der Waals surface area contributed by atoms with Gasteiger partial charge in [-0.2, -0.15) is 0 Å². The highest BCUT2D eigenvalue weighted by atomic mass is 28.3. The standard InChI is InChI=1S/C13H20O2Si/c1-8-6-5-7-9-10(8)11(14)12(15)13(9)16(2,3)4/h11,14H,5-7H2,1-4H3. The third-order valence-corrected chi connectivity index (χ3v) is 5.63. The van der Waals surface area contributed by atoms with Crippen LogP contribution in [0.4, 0.5) is 0 Å². The molecule has 0 saturated carbocycles. The molecule has 0 fully saturated rings. The highest BCUT2D eigenvalue weighted by molar-refractivity contribution is 6.88. The van der Waals surface area contributed by atoms with Crippen LogP contribution >= 0.6 is 0 Å². The Labute approximate surface area is 98.1 Å². The van der Waals surface area contributed by atoms with E-state index >= 15 is 0 Å². The van der Waals surface area contributed by atoms with Gasteiger partial charge in [-0.3, -0.25) is 4.79 Å². The minimum Gasteiger partial charge on any atom is -0.380 e. The van der Waals surface area contributed by atoms with Crippen molar-refractivity contribution in [3.63, 3.8) is 0 Å². The second-order valence-electron chi connectivity index (χ2n) is 5.92. The zero-order valence-corrected chi connectivity index (χ0v) is 11.6. The Bertz CT molecular complexity index is 410. The zero-order chi connectivity index (χ0) is 12.1. The molecule has 0 aromatic heterocycles. The molecule has 1 atom stereocenters. The lowest BCUT2D eigenvalue weighted by Gasteiger charge is -2.22. The lowest BCUT2D eigenvalue weighted by Crippen LogP contribution is -2.31. The maximum atomic E-state index is 12.2. The van der Waals surface area contributed by atoms with Crippen molar-refractivity contribution in [2.45, 2.75) is 51.9 Å². The average Bonchev–Trinajstić information content (AvgIpc) is 2.39. The summed E-state index contributed by atoms with van der Waals surface area (Å²) in [5.74, 6) is -0.00887. The topological polar surface area (TPSA) is 37.3 Å². The number of aliphatic hydroxyl groups excluding tert-OH is 1. The minimum atomic E-state index is -1.63. The largest absolute Gasteiger partial charge is 0.380 e. The SMILES string of the molecule is CC1=C2C(=C([Si](C)(C)C)C(=O)C2O)CCC1. The Balaban J connectivity index is 2.63. The molecule has 1 N–H and O–H groups in total. The van der Waals surface area contributed by atoms with Gasteiger partial charge in [-0.25, -0.2) is 0 Å². The number of hydrogen-bond donors (Lipinski definition) is 1. The van der Waals surface area contributed by atoms with E-state index in [1.807, 2.05) is 0 Å². The Morgan fingerprint density at radius 3 is 2.44 bits per heavy atom. The number of carbonyl (C=O) groups excluding carboxylic acids is 1. The molecule has 2 aliphatic carbocycles. The normalized spacial score (nSPS) is 26.6. The summed E-state index contributed by atoms with van der Waals surface area (Å²) >= 11 is 0. The van der Waals surface area contributed by atoms with Crippen molar-refractivity contribution in [2.24, 2.45) is 0 Å².